The number of aliphatic carboxylic acids is 1. The van der Waals surface area contributed by atoms with Gasteiger partial charge >= 0.3 is 5.97 Å². The lowest BCUT2D eigenvalue weighted by Crippen LogP contribution is -2.37. The van der Waals surface area contributed by atoms with Gasteiger partial charge in [0.25, 0.3) is 0 Å². The standard InChI is InChI=1S/C14H27ClO4/c1-13(2,8-16)10(6-12(18)19)5-11(7-15)14(3,4)9-17/h10-11,16-17H,5-9H2,1-4H3,(H,18,19)/t10-,11-/m1/s1. The molecule has 0 heterocycles. The number of rotatable bonds is 9. The fourth-order valence-corrected chi connectivity index (χ4v) is 2.63. The monoisotopic (exact) mass is 294 g/mol. The number of hydrogen-bond acceptors (Lipinski definition) is 3. The average Bonchev–Trinajstić information content (AvgIpc) is 2.33. The van der Waals surface area contributed by atoms with E-state index in [0.29, 0.717) is 12.3 Å². The van der Waals surface area contributed by atoms with Crippen molar-refractivity contribution in [3.63, 3.8) is 0 Å². The van der Waals surface area contributed by atoms with Crippen molar-refractivity contribution in [1.82, 2.24) is 0 Å². The maximum atomic E-state index is 11.0. The lowest BCUT2D eigenvalue weighted by molar-refractivity contribution is -0.139. The third-order valence-corrected chi connectivity index (χ3v) is 4.57. The van der Waals surface area contributed by atoms with Crippen LogP contribution in [0.5, 0.6) is 0 Å². The van der Waals surface area contributed by atoms with Crippen molar-refractivity contribution in [3.05, 3.63) is 0 Å². The van der Waals surface area contributed by atoms with Crippen molar-refractivity contribution in [3.8, 4) is 0 Å². The second-order valence-electron chi connectivity index (χ2n) is 6.68. The van der Waals surface area contributed by atoms with Gasteiger partial charge in [-0.3, -0.25) is 4.79 Å². The molecule has 5 heteroatoms. The predicted octanol–water partition coefficient (Wildman–Crippen LogP) is 2.36. The molecule has 0 bridgehead atoms. The summed E-state index contributed by atoms with van der Waals surface area (Å²) in [7, 11) is 0. The van der Waals surface area contributed by atoms with Gasteiger partial charge in [-0.2, -0.15) is 0 Å². The number of halogens is 1. The van der Waals surface area contributed by atoms with Gasteiger partial charge in [-0.25, -0.2) is 0 Å². The molecule has 2 atom stereocenters. The minimum atomic E-state index is -0.873. The molecular formula is C14H27ClO4. The molecule has 114 valence electrons. The van der Waals surface area contributed by atoms with Crippen LogP contribution in [0.1, 0.15) is 40.5 Å². The molecule has 0 rings (SSSR count). The van der Waals surface area contributed by atoms with E-state index >= 15 is 0 Å². The number of carbonyl (C=O) groups is 1. The highest BCUT2D eigenvalue weighted by atomic mass is 35.5. The number of aliphatic hydroxyl groups is 2. The lowest BCUT2D eigenvalue weighted by Gasteiger charge is -2.39. The second kappa shape index (κ2) is 7.46. The molecule has 0 unspecified atom stereocenters. The Morgan fingerprint density at radius 1 is 1.05 bits per heavy atom. The smallest absolute Gasteiger partial charge is 0.303 e. The molecule has 0 aliphatic carbocycles. The first-order chi connectivity index (χ1) is 8.60. The minimum absolute atomic E-state index is 0.00244. The topological polar surface area (TPSA) is 77.8 Å². The third kappa shape index (κ3) is 5.67. The minimum Gasteiger partial charge on any atom is -0.481 e. The van der Waals surface area contributed by atoms with Crippen molar-refractivity contribution in [1.29, 1.82) is 0 Å². The molecule has 0 aromatic heterocycles. The highest BCUT2D eigenvalue weighted by molar-refractivity contribution is 6.18. The lowest BCUT2D eigenvalue weighted by atomic mass is 9.68. The van der Waals surface area contributed by atoms with E-state index < -0.39 is 11.4 Å². The summed E-state index contributed by atoms with van der Waals surface area (Å²) >= 11 is 5.98. The van der Waals surface area contributed by atoms with E-state index in [-0.39, 0.29) is 36.9 Å². The summed E-state index contributed by atoms with van der Waals surface area (Å²) in [4.78, 5) is 11.0. The number of aliphatic hydroxyl groups excluding tert-OH is 2. The fourth-order valence-electron chi connectivity index (χ4n) is 2.08. The molecule has 0 amide bonds. The maximum absolute atomic E-state index is 11.0. The van der Waals surface area contributed by atoms with Gasteiger partial charge in [0, 0.05) is 25.5 Å². The zero-order valence-corrected chi connectivity index (χ0v) is 13.1. The van der Waals surface area contributed by atoms with Gasteiger partial charge in [0.2, 0.25) is 0 Å². The molecule has 0 aliphatic heterocycles. The first-order valence-corrected chi connectivity index (χ1v) is 7.13. The van der Waals surface area contributed by atoms with Gasteiger partial charge < -0.3 is 15.3 Å². The Bertz CT molecular complexity index is 289. The van der Waals surface area contributed by atoms with Crippen LogP contribution >= 0.6 is 11.6 Å². The molecule has 0 saturated carbocycles. The Morgan fingerprint density at radius 2 is 1.47 bits per heavy atom. The molecule has 0 aliphatic rings. The van der Waals surface area contributed by atoms with Crippen molar-refractivity contribution in [2.75, 3.05) is 19.1 Å². The molecule has 0 saturated heterocycles. The zero-order valence-electron chi connectivity index (χ0n) is 12.3. The predicted molar refractivity (Wildman–Crippen MR) is 76.3 cm³/mol. The zero-order chi connectivity index (χ0) is 15.3. The average molecular weight is 295 g/mol. The highest BCUT2D eigenvalue weighted by Gasteiger charge is 2.37. The Labute approximate surface area is 120 Å². The molecule has 3 N–H and O–H groups in total. The third-order valence-electron chi connectivity index (χ3n) is 4.20. The van der Waals surface area contributed by atoms with Crippen molar-refractivity contribution < 1.29 is 20.1 Å². The van der Waals surface area contributed by atoms with E-state index in [1.54, 1.807) is 0 Å². The number of carboxylic acid groups (broad SMARTS) is 1. The Balaban J connectivity index is 5.03. The molecule has 4 nitrogen and oxygen atoms in total. The van der Waals surface area contributed by atoms with Crippen molar-refractivity contribution >= 4 is 17.6 Å². The van der Waals surface area contributed by atoms with Gasteiger partial charge in [0.15, 0.2) is 0 Å². The van der Waals surface area contributed by atoms with E-state index in [4.69, 9.17) is 16.7 Å². The Hall–Kier alpha value is -0.320. The van der Waals surface area contributed by atoms with E-state index in [9.17, 15) is 15.0 Å². The van der Waals surface area contributed by atoms with E-state index in [0.717, 1.165) is 0 Å². The summed E-state index contributed by atoms with van der Waals surface area (Å²) < 4.78 is 0. The van der Waals surface area contributed by atoms with Crippen LogP contribution in [0.25, 0.3) is 0 Å². The normalized spacial score (nSPS) is 16.2. The number of hydrogen-bond donors (Lipinski definition) is 3. The van der Waals surface area contributed by atoms with Gasteiger partial charge in [-0.05, 0) is 29.1 Å². The van der Waals surface area contributed by atoms with Crippen molar-refractivity contribution in [2.24, 2.45) is 22.7 Å². The van der Waals surface area contributed by atoms with Crippen molar-refractivity contribution in [2.45, 2.75) is 40.5 Å². The fraction of sp³-hybridized carbons (Fsp3) is 0.929. The Kier molecular flexibility index (Phi) is 7.33. The summed E-state index contributed by atoms with van der Waals surface area (Å²) in [5, 5.41) is 27.9. The molecule has 0 radical (unpaired) electrons. The molecular weight excluding hydrogens is 268 g/mol. The number of alkyl halides is 1. The molecule has 0 aromatic carbocycles. The van der Waals surface area contributed by atoms with E-state index in [2.05, 4.69) is 0 Å². The van der Waals surface area contributed by atoms with Crippen LogP contribution in [-0.2, 0) is 4.79 Å². The van der Waals surface area contributed by atoms with E-state index in [1.165, 1.54) is 0 Å². The SMILES string of the molecule is CC(C)(CO)[C@@H](CCl)C[C@H](CC(=O)O)C(C)(C)CO. The van der Waals surface area contributed by atoms with Gasteiger partial charge in [0.1, 0.15) is 0 Å². The molecule has 0 fully saturated rings. The molecule has 0 aromatic rings. The van der Waals surface area contributed by atoms with Crippen LogP contribution in [-0.4, -0.2) is 40.4 Å². The number of carboxylic acids is 1. The largest absolute Gasteiger partial charge is 0.481 e. The van der Waals surface area contributed by atoms with Crippen LogP contribution in [0.4, 0.5) is 0 Å². The van der Waals surface area contributed by atoms with Crippen LogP contribution < -0.4 is 0 Å². The summed E-state index contributed by atoms with van der Waals surface area (Å²) in [6, 6.07) is 0. The summed E-state index contributed by atoms with van der Waals surface area (Å²) in [6.45, 7) is 7.49. The Morgan fingerprint density at radius 3 is 1.79 bits per heavy atom. The quantitative estimate of drug-likeness (QED) is 0.571. The second-order valence-corrected chi connectivity index (χ2v) is 6.98. The van der Waals surface area contributed by atoms with Gasteiger partial charge in [0.05, 0.1) is 0 Å². The van der Waals surface area contributed by atoms with Crippen LogP contribution in [0.3, 0.4) is 0 Å². The first-order valence-electron chi connectivity index (χ1n) is 6.60. The van der Waals surface area contributed by atoms with Gasteiger partial charge in [-0.15, -0.1) is 11.6 Å². The summed E-state index contributed by atoms with van der Waals surface area (Å²) in [5.74, 6) is -0.675. The van der Waals surface area contributed by atoms with Crippen LogP contribution in [0.2, 0.25) is 0 Å². The summed E-state index contributed by atoms with van der Waals surface area (Å²) in [5.41, 5.74) is -0.835. The first kappa shape index (κ1) is 18.7. The molecule has 19 heavy (non-hydrogen) atoms. The highest BCUT2D eigenvalue weighted by Crippen LogP contribution is 2.40. The van der Waals surface area contributed by atoms with Crippen LogP contribution in [0.15, 0.2) is 0 Å². The van der Waals surface area contributed by atoms with Crippen LogP contribution in [0, 0.1) is 22.7 Å². The summed E-state index contributed by atoms with van der Waals surface area (Å²) in [6.07, 6.45) is 0.583. The molecule has 0 spiro atoms. The van der Waals surface area contributed by atoms with E-state index in [1.807, 2.05) is 27.7 Å². The maximum Gasteiger partial charge on any atom is 0.303 e. The van der Waals surface area contributed by atoms with Gasteiger partial charge in [-0.1, -0.05) is 27.7 Å².